The number of anilines is 1. The summed E-state index contributed by atoms with van der Waals surface area (Å²) in [5.41, 5.74) is 0.180. The number of rotatable bonds is 11. The van der Waals surface area contributed by atoms with Crippen molar-refractivity contribution >= 4 is 29.2 Å². The quantitative estimate of drug-likeness (QED) is 0.175. The lowest BCUT2D eigenvalue weighted by Gasteiger charge is -2.49. The summed E-state index contributed by atoms with van der Waals surface area (Å²) in [7, 11) is 1.33. The summed E-state index contributed by atoms with van der Waals surface area (Å²) in [4.78, 5) is 48.1. The van der Waals surface area contributed by atoms with Gasteiger partial charge >= 0.3 is 12.1 Å². The van der Waals surface area contributed by atoms with Crippen molar-refractivity contribution in [3.63, 3.8) is 0 Å². The van der Waals surface area contributed by atoms with Crippen molar-refractivity contribution in [1.82, 2.24) is 0 Å². The Labute approximate surface area is 236 Å². The van der Waals surface area contributed by atoms with Gasteiger partial charge in [0.1, 0.15) is 30.2 Å². The number of carbonyl (C=O) groups is 3. The number of methoxy groups -OCH3 is 1. The Morgan fingerprint density at radius 3 is 2.41 bits per heavy atom. The number of amides is 1. The van der Waals surface area contributed by atoms with Gasteiger partial charge in [-0.15, -0.1) is 0 Å². The zero-order valence-corrected chi connectivity index (χ0v) is 22.9. The lowest BCUT2D eigenvalue weighted by molar-refractivity contribution is -0.384. The van der Waals surface area contributed by atoms with Crippen molar-refractivity contribution in [2.45, 2.75) is 107 Å². The molecule has 4 fully saturated rings. The molecule has 2 bridgehead atoms. The van der Waals surface area contributed by atoms with Gasteiger partial charge in [0.15, 0.2) is 6.10 Å². The Bertz CT molecular complexity index is 1130. The molecule has 3 N–H and O–H groups in total. The van der Waals surface area contributed by atoms with Crippen molar-refractivity contribution in [2.75, 3.05) is 12.4 Å². The number of ketones is 1. The molecule has 0 aromatic heterocycles. The number of esters is 1. The number of carbonyl (C=O) groups excluding carboxylic acids is 3. The van der Waals surface area contributed by atoms with Crippen molar-refractivity contribution in [3.8, 4) is 0 Å². The van der Waals surface area contributed by atoms with Gasteiger partial charge < -0.3 is 33.9 Å². The molecule has 1 amide bonds. The van der Waals surface area contributed by atoms with Gasteiger partial charge in [0.2, 0.25) is 5.79 Å². The van der Waals surface area contributed by atoms with E-state index in [0.717, 1.165) is 19.3 Å². The van der Waals surface area contributed by atoms with Crippen molar-refractivity contribution in [1.29, 1.82) is 0 Å². The van der Waals surface area contributed by atoms with E-state index in [2.05, 4.69) is 5.32 Å². The van der Waals surface area contributed by atoms with Crippen LogP contribution in [0.25, 0.3) is 0 Å². The zero-order chi connectivity index (χ0) is 28.4. The van der Waals surface area contributed by atoms with Crippen molar-refractivity contribution < 1.29 is 53.2 Å². The number of nitrogens with one attached hydrogen (secondary N) is 1. The molecule has 4 aliphatic rings. The highest BCUT2D eigenvalue weighted by atomic mass is 16.8. The van der Waals surface area contributed by atoms with Crippen LogP contribution in [0.2, 0.25) is 0 Å². The van der Waals surface area contributed by atoms with Gasteiger partial charge in [0, 0.05) is 24.2 Å². The topological polar surface area (TPSA) is 193 Å². The van der Waals surface area contributed by atoms with Gasteiger partial charge in [-0.25, -0.2) is 4.79 Å². The predicted octanol–water partition coefficient (Wildman–Crippen LogP) is 2.60. The zero-order valence-electron chi connectivity index (χ0n) is 22.9. The Balaban J connectivity index is 0.00000387. The number of nitrogens with zero attached hydrogens (tertiary/aromatic N) is 1. The van der Waals surface area contributed by atoms with E-state index in [4.69, 9.17) is 28.4 Å². The monoisotopic (exact) mass is 580 g/mol. The minimum absolute atomic E-state index is 0. The first-order chi connectivity index (χ1) is 19.2. The number of nitro benzene ring substituents is 1. The Morgan fingerprint density at radius 1 is 1.05 bits per heavy atom. The third kappa shape index (κ3) is 6.36. The Morgan fingerprint density at radius 2 is 1.76 bits per heavy atom. The van der Waals surface area contributed by atoms with Gasteiger partial charge in [0.05, 0.1) is 37.1 Å². The minimum atomic E-state index is -1.54. The summed E-state index contributed by atoms with van der Waals surface area (Å²) in [5.74, 6) is -1.99. The second kappa shape index (κ2) is 12.8. The van der Waals surface area contributed by atoms with Gasteiger partial charge in [-0.2, -0.15) is 0 Å². The molecule has 14 nitrogen and oxygen atoms in total. The largest absolute Gasteiger partial charge is 0.469 e. The number of unbranched alkanes of at least 4 members (excludes halogenated alkanes) is 2. The van der Waals surface area contributed by atoms with Gasteiger partial charge in [-0.05, 0) is 31.4 Å². The number of non-ortho nitro benzene ring substituents is 1. The molecule has 1 aromatic carbocycles. The van der Waals surface area contributed by atoms with Gasteiger partial charge in [-0.1, -0.05) is 19.8 Å². The smallest absolute Gasteiger partial charge is 0.412 e. The number of ether oxygens (including phenoxy) is 6. The van der Waals surface area contributed by atoms with E-state index in [0.29, 0.717) is 24.9 Å². The van der Waals surface area contributed by atoms with E-state index in [1.54, 1.807) is 0 Å². The number of nitro groups is 1. The lowest BCUT2D eigenvalue weighted by Crippen LogP contribution is -2.66. The summed E-state index contributed by atoms with van der Waals surface area (Å²) in [5, 5.41) is 13.5. The first-order valence-electron chi connectivity index (χ1n) is 13.7. The van der Waals surface area contributed by atoms with Crippen molar-refractivity contribution in [2.24, 2.45) is 0 Å². The van der Waals surface area contributed by atoms with E-state index in [1.807, 2.05) is 6.92 Å². The average molecular weight is 581 g/mol. The van der Waals surface area contributed by atoms with Crippen LogP contribution >= 0.6 is 0 Å². The Kier molecular flexibility index (Phi) is 9.59. The highest BCUT2D eigenvalue weighted by Gasteiger charge is 2.73. The summed E-state index contributed by atoms with van der Waals surface area (Å²) < 4.78 is 35.8. The van der Waals surface area contributed by atoms with E-state index in [-0.39, 0.29) is 48.0 Å². The van der Waals surface area contributed by atoms with Crippen LogP contribution in [0.5, 0.6) is 0 Å². The summed E-state index contributed by atoms with van der Waals surface area (Å²) in [6, 6.07) is 5.31. The maximum atomic E-state index is 13.0. The lowest BCUT2D eigenvalue weighted by atomic mass is 9.84. The molecule has 4 saturated heterocycles. The fourth-order valence-electron chi connectivity index (χ4n) is 5.99. The standard InChI is InChI=1S/C27H34N2O11.H2O/c1-3-4-5-6-17(30)14-27-25(38-26(32)28-15-7-9-16(10-8-15)29(33)34)24-23(40-27)22(39-27)21-19(37-24)12-11-18(36-21)13-20(31)35-2;/h7-10,18-19,21-25H,3-6,11-14H2,1-2H3,(H,28,32);1H2/t18-,19+,21+,22+,23+,24-,25-,27+;/m1./s1. The molecular formula is C27H36N2O12. The molecule has 0 spiro atoms. The summed E-state index contributed by atoms with van der Waals surface area (Å²) in [6.07, 6.45) is -0.900. The van der Waals surface area contributed by atoms with Gasteiger partial charge in [-0.3, -0.25) is 25.0 Å². The number of Topliss-reactive ketones (excluding diaryl/α,β-unsaturated/α-hetero) is 1. The van der Waals surface area contributed by atoms with Crippen LogP contribution in [0.15, 0.2) is 24.3 Å². The van der Waals surface area contributed by atoms with E-state index in [1.165, 1.54) is 31.4 Å². The van der Waals surface area contributed by atoms with Crippen LogP contribution in [0, 0.1) is 10.1 Å². The first-order valence-corrected chi connectivity index (χ1v) is 13.7. The fraction of sp³-hybridized carbons (Fsp3) is 0.667. The van der Waals surface area contributed by atoms with Gasteiger partial charge in [0.25, 0.3) is 5.69 Å². The molecule has 0 radical (unpaired) electrons. The third-order valence-corrected chi connectivity index (χ3v) is 7.88. The molecule has 41 heavy (non-hydrogen) atoms. The van der Waals surface area contributed by atoms with Crippen LogP contribution in [-0.2, 0) is 38.0 Å². The highest BCUT2D eigenvalue weighted by Crippen LogP contribution is 2.53. The minimum Gasteiger partial charge on any atom is -0.469 e. The van der Waals surface area contributed by atoms with E-state index in [9.17, 15) is 24.5 Å². The van der Waals surface area contributed by atoms with Crippen LogP contribution in [0.4, 0.5) is 16.2 Å². The molecule has 4 aliphatic heterocycles. The van der Waals surface area contributed by atoms with Crippen LogP contribution in [0.3, 0.4) is 0 Å². The molecule has 4 heterocycles. The van der Waals surface area contributed by atoms with Crippen LogP contribution in [0.1, 0.15) is 58.3 Å². The SMILES string of the molecule is CCCCCC(=O)C[C@]12O[C@@H]3[C@H](O1)[C@@H](O[C@H]1CC[C@H](CC(=O)OC)O[C@H]31)[C@H]2OC(=O)Nc1ccc([N+](=O)[O-])cc1.O. The average Bonchev–Trinajstić information content (AvgIpc) is 3.44. The fourth-order valence-corrected chi connectivity index (χ4v) is 5.99. The maximum absolute atomic E-state index is 13.0. The van der Waals surface area contributed by atoms with Crippen molar-refractivity contribution in [3.05, 3.63) is 34.4 Å². The predicted molar refractivity (Wildman–Crippen MR) is 140 cm³/mol. The van der Waals surface area contributed by atoms with E-state index < -0.39 is 47.3 Å². The molecule has 5 rings (SSSR count). The molecule has 0 aliphatic carbocycles. The highest BCUT2D eigenvalue weighted by molar-refractivity contribution is 5.85. The number of hydrogen-bond donors (Lipinski definition) is 1. The molecule has 1 aromatic rings. The number of benzene rings is 1. The third-order valence-electron chi connectivity index (χ3n) is 7.88. The summed E-state index contributed by atoms with van der Waals surface area (Å²) in [6.45, 7) is 2.05. The molecule has 0 saturated carbocycles. The van der Waals surface area contributed by atoms with Crippen LogP contribution in [-0.4, -0.2) is 83.9 Å². The normalized spacial score (nSPS) is 32.8. The second-order valence-electron chi connectivity index (χ2n) is 10.6. The molecule has 8 atom stereocenters. The molecular weight excluding hydrogens is 544 g/mol. The van der Waals surface area contributed by atoms with Crippen LogP contribution < -0.4 is 5.32 Å². The maximum Gasteiger partial charge on any atom is 0.412 e. The Hall–Kier alpha value is -3.17. The molecule has 0 unspecified atom stereocenters. The first kappa shape index (κ1) is 30.8. The molecule has 226 valence electrons. The van der Waals surface area contributed by atoms with E-state index >= 15 is 0 Å². The summed E-state index contributed by atoms with van der Waals surface area (Å²) >= 11 is 0. The molecule has 14 heteroatoms. The number of fused-ring (bicyclic) bond motifs is 3. The second-order valence-corrected chi connectivity index (χ2v) is 10.6. The number of hydrogen-bond acceptors (Lipinski definition) is 11.